The van der Waals surface area contributed by atoms with Crippen LogP contribution in [0.4, 0.5) is 14.5 Å². The zero-order chi connectivity index (χ0) is 19.7. The molecule has 0 bridgehead atoms. The van der Waals surface area contributed by atoms with Crippen molar-refractivity contribution in [3.63, 3.8) is 0 Å². The molecule has 0 radical (unpaired) electrons. The third-order valence-electron chi connectivity index (χ3n) is 5.62. The number of aliphatic hydroxyl groups is 1. The number of hydrogen-bond donors (Lipinski definition) is 1. The molecule has 1 atom stereocenters. The van der Waals surface area contributed by atoms with Gasteiger partial charge in [-0.2, -0.15) is 8.78 Å². The van der Waals surface area contributed by atoms with E-state index in [0.717, 1.165) is 54.9 Å². The van der Waals surface area contributed by atoms with Crippen LogP contribution in [0.3, 0.4) is 0 Å². The summed E-state index contributed by atoms with van der Waals surface area (Å²) in [5, 5.41) is 11.7. The molecule has 1 unspecified atom stereocenters. The van der Waals surface area contributed by atoms with E-state index in [9.17, 15) is 13.9 Å². The quantitative estimate of drug-likeness (QED) is 0.797. The maximum Gasteiger partial charge on any atom is 0.387 e. The van der Waals surface area contributed by atoms with Gasteiger partial charge in [-0.25, -0.2) is 9.48 Å². The number of alkyl halides is 2. The fourth-order valence-corrected chi connectivity index (χ4v) is 4.19. The number of rotatable bonds is 4. The first kappa shape index (κ1) is 18.9. The standard InChI is InChI=1S/C22H25F2N2O2/c1-16-6-8-17(9-7-16)22(27)15-25(20-5-3-2-4-14-26(20)22)18-10-12-19(13-11-18)28-21(23)24/h6-13,21,27H,2-5,14-15H2,1H3/q+1. The highest BCUT2D eigenvalue weighted by atomic mass is 19.3. The Kier molecular flexibility index (Phi) is 5.06. The molecule has 0 amide bonds. The van der Waals surface area contributed by atoms with Gasteiger partial charge in [0.05, 0.1) is 6.54 Å². The van der Waals surface area contributed by atoms with Crippen LogP contribution in [0, 0.1) is 6.92 Å². The van der Waals surface area contributed by atoms with E-state index in [1.165, 1.54) is 0 Å². The van der Waals surface area contributed by atoms with E-state index in [1.807, 2.05) is 31.2 Å². The summed E-state index contributed by atoms with van der Waals surface area (Å²) in [6, 6.07) is 14.7. The van der Waals surface area contributed by atoms with Gasteiger partial charge in [0, 0.05) is 12.0 Å². The number of benzene rings is 2. The van der Waals surface area contributed by atoms with Gasteiger partial charge >= 0.3 is 6.61 Å². The number of amidine groups is 1. The van der Waals surface area contributed by atoms with E-state index in [0.29, 0.717) is 6.54 Å². The zero-order valence-electron chi connectivity index (χ0n) is 15.9. The van der Waals surface area contributed by atoms with Gasteiger partial charge in [-0.1, -0.05) is 29.8 Å². The smallest absolute Gasteiger partial charge is 0.387 e. The lowest BCUT2D eigenvalue weighted by atomic mass is 10.0. The van der Waals surface area contributed by atoms with Crippen LogP contribution in [0.5, 0.6) is 5.75 Å². The van der Waals surface area contributed by atoms with Crippen molar-refractivity contribution < 1.29 is 23.2 Å². The molecular formula is C22H25F2N2O2+. The predicted octanol–water partition coefficient (Wildman–Crippen LogP) is 4.25. The van der Waals surface area contributed by atoms with Gasteiger partial charge in [0.15, 0.2) is 6.54 Å². The second kappa shape index (κ2) is 7.51. The van der Waals surface area contributed by atoms with E-state index < -0.39 is 12.3 Å². The second-order valence-corrected chi connectivity index (χ2v) is 7.52. The third kappa shape index (κ3) is 3.49. The van der Waals surface area contributed by atoms with Crippen LogP contribution in [0.25, 0.3) is 0 Å². The molecule has 2 aliphatic rings. The first-order chi connectivity index (χ1) is 13.5. The van der Waals surface area contributed by atoms with Crippen LogP contribution in [-0.4, -0.2) is 35.2 Å². The Morgan fingerprint density at radius 3 is 2.43 bits per heavy atom. The summed E-state index contributed by atoms with van der Waals surface area (Å²) in [7, 11) is 0. The van der Waals surface area contributed by atoms with Crippen molar-refractivity contribution in [1.82, 2.24) is 0 Å². The Morgan fingerprint density at radius 2 is 1.75 bits per heavy atom. The highest BCUT2D eigenvalue weighted by Crippen LogP contribution is 2.36. The van der Waals surface area contributed by atoms with E-state index in [-0.39, 0.29) is 5.75 Å². The average molecular weight is 387 g/mol. The summed E-state index contributed by atoms with van der Waals surface area (Å²) in [6.07, 6.45) is 4.11. The van der Waals surface area contributed by atoms with Crippen LogP contribution >= 0.6 is 0 Å². The summed E-state index contributed by atoms with van der Waals surface area (Å²) in [6.45, 7) is 0.390. The molecule has 0 fully saturated rings. The number of aryl methyl sites for hydroxylation is 1. The van der Waals surface area contributed by atoms with Crippen molar-refractivity contribution in [1.29, 1.82) is 0 Å². The first-order valence-electron chi connectivity index (χ1n) is 9.73. The van der Waals surface area contributed by atoms with Crippen molar-refractivity contribution in [3.05, 3.63) is 59.7 Å². The molecule has 2 aromatic carbocycles. The first-order valence-corrected chi connectivity index (χ1v) is 9.73. The van der Waals surface area contributed by atoms with E-state index in [4.69, 9.17) is 0 Å². The fraction of sp³-hybridized carbons (Fsp3) is 0.409. The summed E-state index contributed by atoms with van der Waals surface area (Å²) in [4.78, 5) is 2.11. The lowest BCUT2D eigenvalue weighted by molar-refractivity contribution is -0.658. The monoisotopic (exact) mass is 387 g/mol. The topological polar surface area (TPSA) is 35.7 Å². The molecular weight excluding hydrogens is 362 g/mol. The van der Waals surface area contributed by atoms with Gasteiger partial charge < -0.3 is 9.84 Å². The lowest BCUT2D eigenvalue weighted by Crippen LogP contribution is -2.41. The number of ether oxygens (including phenoxy) is 1. The normalized spacial score (nSPS) is 22.4. The molecule has 4 rings (SSSR count). The van der Waals surface area contributed by atoms with Crippen molar-refractivity contribution in [3.8, 4) is 5.75 Å². The minimum Gasteiger partial charge on any atom is -0.435 e. The Morgan fingerprint density at radius 1 is 1.04 bits per heavy atom. The lowest BCUT2D eigenvalue weighted by Gasteiger charge is -2.23. The summed E-state index contributed by atoms with van der Waals surface area (Å²) in [5.41, 5.74) is 1.78. The minimum atomic E-state index is -2.84. The van der Waals surface area contributed by atoms with Crippen molar-refractivity contribution in [2.75, 3.05) is 18.0 Å². The van der Waals surface area contributed by atoms with Crippen molar-refractivity contribution in [2.45, 2.75) is 44.9 Å². The van der Waals surface area contributed by atoms with Gasteiger partial charge in [0.1, 0.15) is 11.4 Å². The van der Waals surface area contributed by atoms with Crippen molar-refractivity contribution >= 4 is 11.5 Å². The summed E-state index contributed by atoms with van der Waals surface area (Å²) >= 11 is 0. The molecule has 2 aromatic rings. The molecule has 0 saturated carbocycles. The van der Waals surface area contributed by atoms with Crippen LogP contribution in [0.15, 0.2) is 48.5 Å². The van der Waals surface area contributed by atoms with Gasteiger partial charge in [0.25, 0.3) is 11.6 Å². The number of halogens is 2. The van der Waals surface area contributed by atoms with Crippen LogP contribution in [-0.2, 0) is 5.72 Å². The molecule has 2 aliphatic heterocycles. The summed E-state index contributed by atoms with van der Waals surface area (Å²) in [5.74, 6) is 1.22. The van der Waals surface area contributed by atoms with Gasteiger partial charge in [-0.3, -0.25) is 0 Å². The zero-order valence-corrected chi connectivity index (χ0v) is 15.9. The Hall–Kier alpha value is -2.47. The van der Waals surface area contributed by atoms with Crippen LogP contribution in [0.1, 0.15) is 36.8 Å². The van der Waals surface area contributed by atoms with Crippen LogP contribution in [0.2, 0.25) is 0 Å². The molecule has 4 nitrogen and oxygen atoms in total. The summed E-state index contributed by atoms with van der Waals surface area (Å²) < 4.78 is 31.4. The van der Waals surface area contributed by atoms with Gasteiger partial charge in [0.2, 0.25) is 0 Å². The molecule has 1 N–H and O–H groups in total. The Bertz CT molecular complexity index is 865. The third-order valence-corrected chi connectivity index (χ3v) is 5.62. The van der Waals surface area contributed by atoms with Gasteiger partial charge in [-0.15, -0.1) is 0 Å². The van der Waals surface area contributed by atoms with E-state index >= 15 is 0 Å². The maximum absolute atomic E-state index is 12.4. The molecule has 0 spiro atoms. The second-order valence-electron chi connectivity index (χ2n) is 7.52. The van der Waals surface area contributed by atoms with E-state index in [2.05, 4.69) is 14.2 Å². The number of hydrogen-bond acceptors (Lipinski definition) is 3. The largest absolute Gasteiger partial charge is 0.435 e. The molecule has 0 saturated heterocycles. The van der Waals surface area contributed by atoms with E-state index in [1.54, 1.807) is 24.3 Å². The number of β-amino-alcohol motifs (C(OH)–C–C–N with tert-alkyl or cyclic N) is 1. The highest BCUT2D eigenvalue weighted by molar-refractivity contribution is 5.96. The molecule has 2 heterocycles. The van der Waals surface area contributed by atoms with Crippen LogP contribution < -0.4 is 9.64 Å². The number of anilines is 1. The average Bonchev–Trinajstić information content (AvgIpc) is 2.83. The maximum atomic E-state index is 12.4. The SMILES string of the molecule is Cc1ccc(C2(O)CN(c3ccc(OC(F)F)cc3)C3=[N+]2CCCCC3)cc1. The molecule has 28 heavy (non-hydrogen) atoms. The molecule has 0 aliphatic carbocycles. The fourth-order valence-electron chi connectivity index (χ4n) is 4.19. The van der Waals surface area contributed by atoms with Crippen molar-refractivity contribution in [2.24, 2.45) is 0 Å². The number of nitrogens with zero attached hydrogens (tertiary/aromatic N) is 2. The minimum absolute atomic E-state index is 0.134. The Labute approximate surface area is 163 Å². The molecule has 0 aromatic heterocycles. The highest BCUT2D eigenvalue weighted by Gasteiger charge is 2.51. The predicted molar refractivity (Wildman–Crippen MR) is 104 cm³/mol. The molecule has 6 heteroatoms. The molecule has 148 valence electrons. The van der Waals surface area contributed by atoms with Gasteiger partial charge in [-0.05, 0) is 50.5 Å². The Balaban J connectivity index is 1.71.